The van der Waals surface area contributed by atoms with Gasteiger partial charge in [-0.25, -0.2) is 9.79 Å². The van der Waals surface area contributed by atoms with Crippen LogP contribution >= 0.6 is 11.3 Å². The number of morpholine rings is 2. The number of ether oxygens (including phenoxy) is 6. The second-order valence-electron chi connectivity index (χ2n) is 12.0. The maximum atomic E-state index is 14.1. The van der Waals surface area contributed by atoms with E-state index in [1.165, 1.54) is 11.3 Å². The number of carbonyl (C=O) groups is 1. The van der Waals surface area contributed by atoms with Crippen molar-refractivity contribution in [3.63, 3.8) is 0 Å². The van der Waals surface area contributed by atoms with E-state index in [1.807, 2.05) is 18.2 Å². The molecule has 272 valence electrons. The molecule has 3 aliphatic heterocycles. The molecule has 0 aliphatic carbocycles. The third kappa shape index (κ3) is 7.22. The summed E-state index contributed by atoms with van der Waals surface area (Å²) in [6, 6.07) is 12.0. The van der Waals surface area contributed by atoms with Crippen molar-refractivity contribution < 1.29 is 33.2 Å². The van der Waals surface area contributed by atoms with Gasteiger partial charge in [0.1, 0.15) is 5.75 Å². The summed E-state index contributed by atoms with van der Waals surface area (Å²) < 4.78 is 35.8. The van der Waals surface area contributed by atoms with Crippen LogP contribution in [-0.2, 0) is 19.0 Å². The molecule has 0 amide bonds. The zero-order chi connectivity index (χ0) is 36.2. The molecule has 15 nitrogen and oxygen atoms in total. The average Bonchev–Trinajstić information content (AvgIpc) is 3.48. The van der Waals surface area contributed by atoms with Crippen molar-refractivity contribution in [1.82, 2.24) is 19.5 Å². The van der Waals surface area contributed by atoms with E-state index in [2.05, 4.69) is 24.8 Å². The molecule has 2 fully saturated rings. The van der Waals surface area contributed by atoms with Crippen molar-refractivity contribution in [3.8, 4) is 23.3 Å². The predicted octanol–water partition coefficient (Wildman–Crippen LogP) is 2.47. The molecule has 16 heteroatoms. The van der Waals surface area contributed by atoms with Crippen LogP contribution in [0.2, 0.25) is 0 Å². The number of methoxy groups -OCH3 is 2. The Balaban J connectivity index is 1.23. The fourth-order valence-corrected chi connectivity index (χ4v) is 7.24. The fraction of sp³-hybridized carbons (Fsp3) is 0.389. The Morgan fingerprint density at radius 2 is 1.56 bits per heavy atom. The number of thiazole rings is 1. The molecule has 2 saturated heterocycles. The van der Waals surface area contributed by atoms with Gasteiger partial charge in [-0.05, 0) is 55.3 Å². The van der Waals surface area contributed by atoms with E-state index in [-0.39, 0.29) is 18.2 Å². The van der Waals surface area contributed by atoms with Crippen molar-refractivity contribution >= 4 is 35.3 Å². The minimum absolute atomic E-state index is 0.128. The molecular weight excluding hydrogens is 691 g/mol. The van der Waals surface area contributed by atoms with E-state index in [0.717, 1.165) is 5.56 Å². The Morgan fingerprint density at radius 3 is 2.15 bits per heavy atom. The quantitative estimate of drug-likeness (QED) is 0.220. The molecule has 1 atom stereocenters. The molecule has 5 heterocycles. The number of anilines is 2. The Labute approximate surface area is 303 Å². The third-order valence-electron chi connectivity index (χ3n) is 8.81. The highest BCUT2D eigenvalue weighted by atomic mass is 32.1. The number of hydrogen-bond acceptors (Lipinski definition) is 15. The van der Waals surface area contributed by atoms with Gasteiger partial charge in [0, 0.05) is 26.2 Å². The highest BCUT2D eigenvalue weighted by molar-refractivity contribution is 7.07. The van der Waals surface area contributed by atoms with E-state index in [9.17, 15) is 9.59 Å². The smallest absolute Gasteiger partial charge is 0.338 e. The van der Waals surface area contributed by atoms with Crippen LogP contribution in [0.25, 0.3) is 6.08 Å². The van der Waals surface area contributed by atoms with Crippen molar-refractivity contribution in [2.45, 2.75) is 19.9 Å². The van der Waals surface area contributed by atoms with Crippen LogP contribution in [0.4, 0.5) is 11.9 Å². The SMILES string of the molecule is CCOC(=O)C1=C(C)N=c2s/c(=C\c3ccc(Oc4nc(N5CCOCC5)nc(N5CCOCC5)n4)c(OC)c3)c(=O)n2[C@H]1c1ccc(OC)cc1. The monoisotopic (exact) mass is 729 g/mol. The van der Waals surface area contributed by atoms with Crippen molar-refractivity contribution in [2.24, 2.45) is 4.99 Å². The minimum atomic E-state index is -0.737. The number of rotatable bonds is 10. The summed E-state index contributed by atoms with van der Waals surface area (Å²) in [6.45, 7) is 8.61. The predicted molar refractivity (Wildman–Crippen MR) is 192 cm³/mol. The third-order valence-corrected chi connectivity index (χ3v) is 9.80. The Morgan fingerprint density at radius 1 is 0.904 bits per heavy atom. The lowest BCUT2D eigenvalue weighted by Gasteiger charge is -2.30. The minimum Gasteiger partial charge on any atom is -0.497 e. The molecule has 0 bridgehead atoms. The number of carbonyl (C=O) groups excluding carboxylic acids is 1. The highest BCUT2D eigenvalue weighted by Gasteiger charge is 2.33. The van der Waals surface area contributed by atoms with Gasteiger partial charge in [0.15, 0.2) is 16.3 Å². The van der Waals surface area contributed by atoms with Crippen molar-refractivity contribution in [2.75, 3.05) is 83.2 Å². The lowest BCUT2D eigenvalue weighted by molar-refractivity contribution is -0.139. The molecule has 0 N–H and O–H groups in total. The zero-order valence-electron chi connectivity index (χ0n) is 29.4. The number of nitrogens with zero attached hydrogens (tertiary/aromatic N) is 7. The summed E-state index contributed by atoms with van der Waals surface area (Å²) in [5.41, 5.74) is 1.91. The standard InChI is InChI=1S/C36H39N7O8S/c1-5-50-32(45)29-22(2)37-36-43(30(29)24-7-9-25(46-3)10-8-24)31(44)28(52-36)21-23-6-11-26(27(20-23)47-4)51-35-39-33(41-12-16-48-17-13-41)38-34(40-35)42-14-18-49-19-15-42/h6-11,20-21,30H,5,12-19H2,1-4H3/b28-21-/t30-/m0/s1. The van der Waals surface area contributed by atoms with E-state index in [0.29, 0.717) is 108 Å². The summed E-state index contributed by atoms with van der Waals surface area (Å²) in [7, 11) is 3.12. The second-order valence-corrected chi connectivity index (χ2v) is 13.0. The molecule has 2 aromatic heterocycles. The van der Waals surface area contributed by atoms with E-state index in [1.54, 1.807) is 63.0 Å². The first kappa shape index (κ1) is 35.1. The Hall–Kier alpha value is -5.32. The molecule has 0 spiro atoms. The highest BCUT2D eigenvalue weighted by Crippen LogP contribution is 2.34. The summed E-state index contributed by atoms with van der Waals surface area (Å²) >= 11 is 1.24. The molecule has 7 rings (SSSR count). The number of benzene rings is 2. The van der Waals surface area contributed by atoms with E-state index in [4.69, 9.17) is 33.4 Å². The molecule has 2 aromatic carbocycles. The van der Waals surface area contributed by atoms with Gasteiger partial charge < -0.3 is 38.2 Å². The van der Waals surface area contributed by atoms with Crippen molar-refractivity contribution in [1.29, 1.82) is 0 Å². The summed E-state index contributed by atoms with van der Waals surface area (Å²) in [6.07, 6.45) is 1.76. The van der Waals surface area contributed by atoms with Crippen LogP contribution in [0.5, 0.6) is 23.3 Å². The van der Waals surface area contributed by atoms with Gasteiger partial charge in [0.05, 0.1) is 69.1 Å². The molecule has 52 heavy (non-hydrogen) atoms. The van der Waals surface area contributed by atoms with E-state index < -0.39 is 12.0 Å². The van der Waals surface area contributed by atoms with Gasteiger partial charge in [-0.2, -0.15) is 15.0 Å². The average molecular weight is 730 g/mol. The summed E-state index contributed by atoms with van der Waals surface area (Å²) in [4.78, 5) is 50.6. The molecular formula is C36H39N7O8S. The molecule has 0 unspecified atom stereocenters. The van der Waals surface area contributed by atoms with Gasteiger partial charge in [-0.1, -0.05) is 29.5 Å². The first-order chi connectivity index (χ1) is 25.4. The van der Waals surface area contributed by atoms with Crippen LogP contribution in [0, 0.1) is 0 Å². The summed E-state index contributed by atoms with van der Waals surface area (Å²) in [5.74, 6) is 1.96. The van der Waals surface area contributed by atoms with E-state index >= 15 is 0 Å². The maximum Gasteiger partial charge on any atom is 0.338 e. The second kappa shape index (κ2) is 15.5. The number of hydrogen-bond donors (Lipinski definition) is 0. The van der Waals surface area contributed by atoms with Crippen LogP contribution < -0.4 is 38.9 Å². The van der Waals surface area contributed by atoms with Crippen LogP contribution in [0.15, 0.2) is 63.5 Å². The van der Waals surface area contributed by atoms with Gasteiger partial charge in [0.2, 0.25) is 11.9 Å². The Bertz CT molecular complexity index is 2120. The lowest BCUT2D eigenvalue weighted by Crippen LogP contribution is -2.40. The normalized spacial score (nSPS) is 17.8. The Kier molecular flexibility index (Phi) is 10.5. The fourth-order valence-electron chi connectivity index (χ4n) is 6.19. The first-order valence-corrected chi connectivity index (χ1v) is 17.8. The number of allylic oxidation sites excluding steroid dienone is 1. The molecule has 3 aliphatic rings. The number of aromatic nitrogens is 4. The first-order valence-electron chi connectivity index (χ1n) is 17.0. The lowest BCUT2D eigenvalue weighted by atomic mass is 9.96. The maximum absolute atomic E-state index is 14.1. The van der Waals surface area contributed by atoms with Crippen LogP contribution in [0.3, 0.4) is 0 Å². The van der Waals surface area contributed by atoms with Crippen LogP contribution in [-0.4, -0.2) is 98.9 Å². The number of esters is 1. The van der Waals surface area contributed by atoms with Crippen LogP contribution in [0.1, 0.15) is 31.0 Å². The zero-order valence-corrected chi connectivity index (χ0v) is 30.2. The number of fused-ring (bicyclic) bond motifs is 1. The van der Waals surface area contributed by atoms with Crippen molar-refractivity contribution in [3.05, 3.63) is 84.5 Å². The molecule has 4 aromatic rings. The van der Waals surface area contributed by atoms with Gasteiger partial charge in [-0.3, -0.25) is 9.36 Å². The molecule has 0 radical (unpaired) electrons. The topological polar surface area (TPSA) is 152 Å². The largest absolute Gasteiger partial charge is 0.497 e. The van der Waals surface area contributed by atoms with Gasteiger partial charge in [0.25, 0.3) is 5.56 Å². The summed E-state index contributed by atoms with van der Waals surface area (Å²) in [5, 5.41) is 0. The van der Waals surface area contributed by atoms with Gasteiger partial charge >= 0.3 is 12.0 Å². The van der Waals surface area contributed by atoms with Gasteiger partial charge in [-0.15, -0.1) is 0 Å². The molecule has 0 saturated carbocycles.